The molecule has 8 amide bonds. The fourth-order valence-electron chi connectivity index (χ4n) is 9.28. The van der Waals surface area contributed by atoms with Crippen LogP contribution in [0.1, 0.15) is 97.7 Å². The normalized spacial score (nSPS) is 18.0. The van der Waals surface area contributed by atoms with Crippen molar-refractivity contribution in [2.24, 2.45) is 0 Å². The molecule has 3 unspecified atom stereocenters. The van der Waals surface area contributed by atoms with Gasteiger partial charge >= 0.3 is 5.97 Å². The molecule has 0 saturated carbocycles. The van der Waals surface area contributed by atoms with Crippen LogP contribution in [-0.2, 0) is 72.2 Å². The van der Waals surface area contributed by atoms with Crippen LogP contribution in [0.5, 0.6) is 0 Å². The second-order valence-electron chi connectivity index (χ2n) is 17.6. The third-order valence-corrected chi connectivity index (χ3v) is 14.2. The monoisotopic (exact) mass is 1020 g/mol. The van der Waals surface area contributed by atoms with Gasteiger partial charge in [0.2, 0.25) is 47.3 Å². The van der Waals surface area contributed by atoms with Crippen molar-refractivity contribution >= 4 is 86.1 Å². The number of pyridine rings is 2. The number of nitrogens with one attached hydrogen (secondary N) is 6. The highest BCUT2D eigenvalue weighted by Gasteiger charge is 2.40. The largest absolute Gasteiger partial charge is 0.460 e. The van der Waals surface area contributed by atoms with E-state index in [1.165, 1.54) is 22.7 Å². The minimum absolute atomic E-state index is 0.131. The minimum Gasteiger partial charge on any atom is -0.460 e. The van der Waals surface area contributed by atoms with Crippen molar-refractivity contribution in [2.45, 2.75) is 102 Å². The van der Waals surface area contributed by atoms with E-state index < -0.39 is 79.5 Å². The van der Waals surface area contributed by atoms with E-state index in [4.69, 9.17) is 14.5 Å². The number of likely N-dealkylation sites (tertiary alicyclic amines) is 1. The fraction of sp³-hybridized carbons (Fsp3) is 0.511. The number of aromatic nitrogens is 2. The molecule has 3 aromatic rings. The Labute approximate surface area is 414 Å². The molecule has 6 N–H and O–H groups in total. The average Bonchev–Trinajstić information content (AvgIpc) is 3.83. The number of esters is 1. The molecule has 3 aliphatic heterocycles. The highest BCUT2D eigenvalue weighted by Crippen LogP contribution is 2.46. The summed E-state index contributed by atoms with van der Waals surface area (Å²) in [6.45, 7) is 3.02. The lowest BCUT2D eigenvalue weighted by molar-refractivity contribution is -0.148. The molecule has 21 nitrogen and oxygen atoms in total. The Morgan fingerprint density at radius 2 is 1.55 bits per heavy atom. The summed E-state index contributed by atoms with van der Waals surface area (Å²) >= 11 is 1.45. The molecule has 1 saturated heterocycles. The number of carbonyl (C=O) groups excluding carboxylic acids is 9. The van der Waals surface area contributed by atoms with Crippen LogP contribution >= 0.6 is 11.8 Å². The third-order valence-electron chi connectivity index (χ3n) is 12.8. The molecule has 71 heavy (non-hydrogen) atoms. The first kappa shape index (κ1) is 52.3. The number of aryl methyl sites for hydroxylation is 1. The van der Waals surface area contributed by atoms with Crippen LogP contribution in [0.3, 0.4) is 0 Å². The second kappa shape index (κ2) is 23.1. The van der Waals surface area contributed by atoms with E-state index in [9.17, 15) is 47.9 Å². The van der Waals surface area contributed by atoms with Gasteiger partial charge in [-0.15, -0.1) is 11.8 Å². The predicted molar refractivity (Wildman–Crippen MR) is 255 cm³/mol. The molecular formula is C47H55FN9O12SSi. The predicted octanol–water partition coefficient (Wildman–Crippen LogP) is 0.0896. The van der Waals surface area contributed by atoms with Gasteiger partial charge in [0.15, 0.2) is 0 Å². The number of benzene rings is 1. The third kappa shape index (κ3) is 12.0. The molecule has 4 aliphatic rings. The molecule has 7 rings (SSSR count). The number of ether oxygens (including phenoxy) is 2. The first-order valence-corrected chi connectivity index (χ1v) is 25.0. The van der Waals surface area contributed by atoms with E-state index in [1.54, 1.807) is 24.5 Å². The Morgan fingerprint density at radius 1 is 0.887 bits per heavy atom. The van der Waals surface area contributed by atoms with Crippen molar-refractivity contribution in [1.29, 1.82) is 0 Å². The van der Waals surface area contributed by atoms with Gasteiger partial charge in [-0.2, -0.15) is 0 Å². The quantitative estimate of drug-likeness (QED) is 0.0200. The molecule has 2 aromatic heterocycles. The minimum atomic E-state index is -0.728. The van der Waals surface area contributed by atoms with Gasteiger partial charge in [0, 0.05) is 46.6 Å². The van der Waals surface area contributed by atoms with Crippen molar-refractivity contribution in [3.63, 3.8) is 0 Å². The number of rotatable bonds is 22. The van der Waals surface area contributed by atoms with Crippen LogP contribution in [0.25, 0.3) is 22.3 Å². The van der Waals surface area contributed by atoms with Crippen LogP contribution in [0.15, 0.2) is 16.9 Å². The number of cyclic esters (lactones) is 1. The summed E-state index contributed by atoms with van der Waals surface area (Å²) in [5.74, 6) is -4.80. The van der Waals surface area contributed by atoms with Gasteiger partial charge in [-0.3, -0.25) is 52.8 Å². The number of thioether (sulfide) groups is 1. The van der Waals surface area contributed by atoms with E-state index in [2.05, 4.69) is 42.1 Å². The lowest BCUT2D eigenvalue weighted by Crippen LogP contribution is -2.45. The first-order valence-electron chi connectivity index (χ1n) is 23.4. The summed E-state index contributed by atoms with van der Waals surface area (Å²) < 4.78 is 27.7. The number of unbranched alkanes of at least 4 members (excludes halogenated alkanes) is 2. The molecule has 0 bridgehead atoms. The number of halogens is 1. The molecular weight excluding hydrogens is 962 g/mol. The molecule has 1 aliphatic carbocycles. The molecule has 0 spiro atoms. The van der Waals surface area contributed by atoms with Gasteiger partial charge in [0.1, 0.15) is 25.8 Å². The van der Waals surface area contributed by atoms with E-state index in [1.807, 2.05) is 6.92 Å². The Hall–Kier alpha value is -6.53. The molecule has 24 heteroatoms. The summed E-state index contributed by atoms with van der Waals surface area (Å²) in [6.07, 6.45) is 2.85. The SMILES string of the molecule is CCSC1CC(=O)N(CCCCCC(=O)NCC(=O)NCC(=O)NCC(=O)NCC(=O)NCOCC(=O)N[C@H]2CCc3c(C)c(F)cc4nc5c(c2c34)Cn2c-5cc3c(c2=O)COC(=O)C3C(C)[Si])C1=O. The summed E-state index contributed by atoms with van der Waals surface area (Å²) in [6, 6.07) is 2.56. The van der Waals surface area contributed by atoms with E-state index in [0.29, 0.717) is 88.8 Å². The van der Waals surface area contributed by atoms with Crippen molar-refractivity contribution < 1.29 is 57.0 Å². The number of fused-ring (bicyclic) bond motifs is 5. The van der Waals surface area contributed by atoms with Crippen LogP contribution in [0.4, 0.5) is 4.39 Å². The fourth-order valence-corrected chi connectivity index (χ4v) is 10.5. The maximum absolute atomic E-state index is 15.3. The van der Waals surface area contributed by atoms with Crippen molar-refractivity contribution in [1.82, 2.24) is 46.4 Å². The van der Waals surface area contributed by atoms with Crippen LogP contribution in [-0.4, -0.2) is 135 Å². The number of amides is 8. The maximum atomic E-state index is 15.3. The van der Waals surface area contributed by atoms with Crippen LogP contribution in [0, 0.1) is 12.7 Å². The van der Waals surface area contributed by atoms with E-state index in [0.717, 1.165) is 11.3 Å². The van der Waals surface area contributed by atoms with E-state index >= 15 is 4.39 Å². The van der Waals surface area contributed by atoms with Gasteiger partial charge in [0.05, 0.1) is 72.4 Å². The van der Waals surface area contributed by atoms with Gasteiger partial charge in [0.25, 0.3) is 5.56 Å². The Bertz CT molecular complexity index is 2750. The molecule has 4 atom stereocenters. The lowest BCUT2D eigenvalue weighted by atomic mass is 9.81. The summed E-state index contributed by atoms with van der Waals surface area (Å²) in [7, 11) is 3.55. The van der Waals surface area contributed by atoms with Crippen molar-refractivity contribution in [3.8, 4) is 11.4 Å². The van der Waals surface area contributed by atoms with Crippen LogP contribution in [0.2, 0.25) is 5.54 Å². The summed E-state index contributed by atoms with van der Waals surface area (Å²) in [5, 5.41) is 15.2. The second-order valence-corrected chi connectivity index (χ2v) is 20.0. The smallest absolute Gasteiger partial charge is 0.313 e. The molecule has 1 fully saturated rings. The standard InChI is InChI=1S/C47H55FN9O12SSi/c1-4-70-33-14-40(64)56(46(33)66)11-7-5-6-8-34(58)49-15-35(59)50-16-36(60)51-17-37(61)52-18-38(62)53-22-68-21-39(63)54-30-10-9-25-23(2)29(48)13-31-42(25)43(30)27-19-57-32(44(27)55-31)12-26-28(45(57)65)20-69-47(67)41(26)24(3)71/h12-13,24,30,33,41H,4-11,14-22H2,1-3H3,(H,49,58)(H,50,59)(H,51,60)(H,52,61)(H,53,62)(H,54,63)/t24?,30-,33?,41?/m0/s1. The number of imide groups is 1. The topological polar surface area (TPSA) is 282 Å². The first-order chi connectivity index (χ1) is 34.0. The zero-order chi connectivity index (χ0) is 51.1. The molecule has 1 aromatic carbocycles. The summed E-state index contributed by atoms with van der Waals surface area (Å²) in [5.41, 5.74) is 4.17. The zero-order valence-corrected chi connectivity index (χ0v) is 41.3. The highest BCUT2D eigenvalue weighted by molar-refractivity contribution is 8.00. The molecule has 3 radical (unpaired) electrons. The Kier molecular flexibility index (Phi) is 17.0. The maximum Gasteiger partial charge on any atom is 0.313 e. The van der Waals surface area contributed by atoms with Crippen LogP contribution < -0.4 is 37.5 Å². The Morgan fingerprint density at radius 3 is 2.21 bits per heavy atom. The molecule has 5 heterocycles. The van der Waals surface area contributed by atoms with Gasteiger partial charge < -0.3 is 45.9 Å². The van der Waals surface area contributed by atoms with Gasteiger partial charge in [-0.05, 0) is 72.2 Å². The van der Waals surface area contributed by atoms with Gasteiger partial charge in [-0.1, -0.05) is 20.3 Å². The van der Waals surface area contributed by atoms with Gasteiger partial charge in [-0.25, -0.2) is 9.37 Å². The average molecular weight is 1020 g/mol. The number of hydrogen-bond donors (Lipinski definition) is 6. The van der Waals surface area contributed by atoms with E-state index in [-0.39, 0.29) is 73.3 Å². The zero-order valence-electron chi connectivity index (χ0n) is 39.5. The number of nitrogens with zero attached hydrogens (tertiary/aromatic N) is 3. The lowest BCUT2D eigenvalue weighted by Gasteiger charge is -2.29. The van der Waals surface area contributed by atoms with Crippen molar-refractivity contribution in [2.75, 3.05) is 51.8 Å². The van der Waals surface area contributed by atoms with Crippen molar-refractivity contribution in [3.05, 3.63) is 61.7 Å². The highest BCUT2D eigenvalue weighted by atomic mass is 32.2. The molecule has 377 valence electrons. The number of hydrogen-bond acceptors (Lipinski definition) is 14. The Balaban J connectivity index is 0.798. The summed E-state index contributed by atoms with van der Waals surface area (Å²) in [4.78, 5) is 132. The number of carbonyl (C=O) groups is 9.